The van der Waals surface area contributed by atoms with E-state index in [2.05, 4.69) is 29.0 Å². The van der Waals surface area contributed by atoms with Gasteiger partial charge in [0.25, 0.3) is 0 Å². The summed E-state index contributed by atoms with van der Waals surface area (Å²) in [5.41, 5.74) is 1.08. The first-order valence-corrected chi connectivity index (χ1v) is 7.67. The van der Waals surface area contributed by atoms with Gasteiger partial charge in [0.2, 0.25) is 0 Å². The number of hydrogen-bond acceptors (Lipinski definition) is 4. The van der Waals surface area contributed by atoms with Crippen LogP contribution in [0.5, 0.6) is 0 Å². The average Bonchev–Trinajstić information content (AvgIpc) is 3.21. The van der Waals surface area contributed by atoms with Crippen LogP contribution in [0.25, 0.3) is 0 Å². The van der Waals surface area contributed by atoms with Gasteiger partial charge in [-0.05, 0) is 38.3 Å². The smallest absolute Gasteiger partial charge is 0.147 e. The molecule has 1 aromatic rings. The molecule has 0 spiro atoms. The quantitative estimate of drug-likeness (QED) is 0.926. The molecule has 2 fully saturated rings. The summed E-state index contributed by atoms with van der Waals surface area (Å²) in [6, 6.07) is 2.73. The van der Waals surface area contributed by atoms with Crippen LogP contribution >= 0.6 is 11.6 Å². The van der Waals surface area contributed by atoms with Gasteiger partial charge in [-0.3, -0.25) is 0 Å². The van der Waals surface area contributed by atoms with E-state index in [9.17, 15) is 0 Å². The number of pyridine rings is 1. The topological polar surface area (TPSA) is 37.4 Å². The van der Waals surface area contributed by atoms with E-state index in [0.717, 1.165) is 36.1 Å². The molecular formula is C15H22ClN3O. The monoisotopic (exact) mass is 295 g/mol. The van der Waals surface area contributed by atoms with Crippen molar-refractivity contribution >= 4 is 17.4 Å². The highest BCUT2D eigenvalue weighted by atomic mass is 35.5. The molecule has 1 saturated carbocycles. The largest absolute Gasteiger partial charge is 0.377 e. The predicted molar refractivity (Wildman–Crippen MR) is 81.4 cm³/mol. The molecule has 1 aliphatic carbocycles. The number of halogens is 1. The third-order valence-electron chi connectivity index (χ3n) is 3.95. The van der Waals surface area contributed by atoms with E-state index in [-0.39, 0.29) is 5.54 Å². The van der Waals surface area contributed by atoms with E-state index in [1.807, 2.05) is 12.3 Å². The molecule has 0 amide bonds. The Bertz CT molecular complexity index is 488. The molecule has 1 aliphatic heterocycles. The fraction of sp³-hybridized carbons (Fsp3) is 0.667. The van der Waals surface area contributed by atoms with Crippen LogP contribution in [0, 0.1) is 0 Å². The normalized spacial score (nSPS) is 22.1. The van der Waals surface area contributed by atoms with Gasteiger partial charge in [-0.15, -0.1) is 0 Å². The zero-order valence-electron chi connectivity index (χ0n) is 12.2. The lowest BCUT2D eigenvalue weighted by atomic mass is 10.0. The first kappa shape index (κ1) is 14.1. The van der Waals surface area contributed by atoms with Crippen LogP contribution in [0.1, 0.15) is 32.3 Å². The molecule has 110 valence electrons. The fourth-order valence-corrected chi connectivity index (χ4v) is 2.86. The summed E-state index contributed by atoms with van der Waals surface area (Å²) in [5.74, 6) is 0.870. The molecule has 2 heterocycles. The molecule has 0 unspecified atom stereocenters. The highest BCUT2D eigenvalue weighted by Crippen LogP contribution is 2.31. The Labute approximate surface area is 125 Å². The summed E-state index contributed by atoms with van der Waals surface area (Å²) in [6.45, 7) is 7.44. The maximum atomic E-state index is 6.45. The maximum absolute atomic E-state index is 6.45. The first-order chi connectivity index (χ1) is 9.56. The van der Waals surface area contributed by atoms with Crippen molar-refractivity contribution in [2.45, 2.75) is 44.8 Å². The average molecular weight is 296 g/mol. The van der Waals surface area contributed by atoms with Crippen LogP contribution in [-0.4, -0.2) is 36.3 Å². The first-order valence-electron chi connectivity index (χ1n) is 7.29. The van der Waals surface area contributed by atoms with E-state index < -0.39 is 0 Å². The lowest BCUT2D eigenvalue weighted by molar-refractivity contribution is 0.0639. The predicted octanol–water partition coefficient (Wildman–Crippen LogP) is 2.60. The van der Waals surface area contributed by atoms with E-state index >= 15 is 0 Å². The highest BCUT2D eigenvalue weighted by Gasteiger charge is 2.32. The number of rotatable bonds is 4. The number of morpholine rings is 1. The Morgan fingerprint density at radius 2 is 2.30 bits per heavy atom. The Morgan fingerprint density at radius 3 is 2.95 bits per heavy atom. The molecule has 1 aromatic heterocycles. The summed E-state index contributed by atoms with van der Waals surface area (Å²) in [6.07, 6.45) is 4.52. The van der Waals surface area contributed by atoms with Crippen molar-refractivity contribution in [3.63, 3.8) is 0 Å². The van der Waals surface area contributed by atoms with Crippen LogP contribution < -0.4 is 10.2 Å². The van der Waals surface area contributed by atoms with Crippen molar-refractivity contribution in [2.75, 3.05) is 24.7 Å². The molecule has 0 atom stereocenters. The Kier molecular flexibility index (Phi) is 3.89. The minimum atomic E-state index is -0.0668. The second-order valence-corrected chi connectivity index (χ2v) is 6.73. The fourth-order valence-electron chi connectivity index (χ4n) is 2.57. The van der Waals surface area contributed by atoms with E-state index in [4.69, 9.17) is 16.3 Å². The van der Waals surface area contributed by atoms with Crippen molar-refractivity contribution in [2.24, 2.45) is 0 Å². The third-order valence-corrected chi connectivity index (χ3v) is 4.23. The second kappa shape index (κ2) is 5.51. The summed E-state index contributed by atoms with van der Waals surface area (Å²) in [7, 11) is 0. The van der Waals surface area contributed by atoms with Gasteiger partial charge < -0.3 is 15.0 Å². The van der Waals surface area contributed by atoms with Crippen molar-refractivity contribution in [1.29, 1.82) is 0 Å². The van der Waals surface area contributed by atoms with E-state index in [1.54, 1.807) is 0 Å². The van der Waals surface area contributed by atoms with Gasteiger partial charge in [-0.1, -0.05) is 11.6 Å². The van der Waals surface area contributed by atoms with Crippen LogP contribution in [-0.2, 0) is 11.3 Å². The Morgan fingerprint density at radius 1 is 1.50 bits per heavy atom. The molecular weight excluding hydrogens is 274 g/mol. The Hall–Kier alpha value is -0.840. The minimum Gasteiger partial charge on any atom is -0.377 e. The van der Waals surface area contributed by atoms with Gasteiger partial charge in [-0.2, -0.15) is 0 Å². The van der Waals surface area contributed by atoms with Gasteiger partial charge in [-0.25, -0.2) is 4.98 Å². The third kappa shape index (κ3) is 3.08. The Balaban J connectivity index is 1.75. The maximum Gasteiger partial charge on any atom is 0.147 e. The SMILES string of the molecule is CC1(C)COCCN1c1ncc(CNC2CC2)cc1Cl. The molecule has 3 rings (SSSR count). The van der Waals surface area contributed by atoms with Gasteiger partial charge in [0.05, 0.1) is 23.8 Å². The second-order valence-electron chi connectivity index (χ2n) is 6.32. The molecule has 0 bridgehead atoms. The minimum absolute atomic E-state index is 0.0668. The highest BCUT2D eigenvalue weighted by molar-refractivity contribution is 6.33. The molecule has 4 nitrogen and oxygen atoms in total. The number of ether oxygens (including phenoxy) is 1. The lowest BCUT2D eigenvalue weighted by Gasteiger charge is -2.43. The number of nitrogens with one attached hydrogen (secondary N) is 1. The molecule has 5 heteroatoms. The summed E-state index contributed by atoms with van der Waals surface area (Å²) >= 11 is 6.45. The molecule has 0 aromatic carbocycles. The van der Waals surface area contributed by atoms with E-state index in [1.165, 1.54) is 12.8 Å². The van der Waals surface area contributed by atoms with Gasteiger partial charge in [0.1, 0.15) is 5.82 Å². The zero-order valence-corrected chi connectivity index (χ0v) is 12.9. The summed E-state index contributed by atoms with van der Waals surface area (Å²) in [4.78, 5) is 6.84. The van der Waals surface area contributed by atoms with Gasteiger partial charge in [0, 0.05) is 25.3 Å². The van der Waals surface area contributed by atoms with Crippen molar-refractivity contribution in [3.05, 3.63) is 22.8 Å². The standard InChI is InChI=1S/C15H22ClN3O/c1-15(2)10-20-6-5-19(15)14-13(16)7-11(9-18-14)8-17-12-3-4-12/h7,9,12,17H,3-6,8,10H2,1-2H3. The lowest BCUT2D eigenvalue weighted by Crippen LogP contribution is -2.53. The van der Waals surface area contributed by atoms with E-state index in [0.29, 0.717) is 12.6 Å². The summed E-state index contributed by atoms with van der Waals surface area (Å²) < 4.78 is 5.55. The van der Waals surface area contributed by atoms with Crippen LogP contribution in [0.3, 0.4) is 0 Å². The molecule has 2 aliphatic rings. The van der Waals surface area contributed by atoms with Crippen LogP contribution in [0.15, 0.2) is 12.3 Å². The molecule has 0 radical (unpaired) electrons. The van der Waals surface area contributed by atoms with Crippen LogP contribution in [0.2, 0.25) is 5.02 Å². The molecule has 1 N–H and O–H groups in total. The molecule has 1 saturated heterocycles. The zero-order chi connectivity index (χ0) is 14.2. The van der Waals surface area contributed by atoms with Crippen molar-refractivity contribution in [3.8, 4) is 0 Å². The number of nitrogens with zero attached hydrogens (tertiary/aromatic N) is 2. The van der Waals surface area contributed by atoms with Gasteiger partial charge in [0.15, 0.2) is 0 Å². The summed E-state index contributed by atoms with van der Waals surface area (Å²) in [5, 5.41) is 4.21. The van der Waals surface area contributed by atoms with Crippen molar-refractivity contribution < 1.29 is 4.74 Å². The number of anilines is 1. The number of hydrogen-bond donors (Lipinski definition) is 1. The number of aromatic nitrogens is 1. The van der Waals surface area contributed by atoms with Gasteiger partial charge >= 0.3 is 0 Å². The molecule has 20 heavy (non-hydrogen) atoms. The van der Waals surface area contributed by atoms with Crippen LogP contribution in [0.4, 0.5) is 5.82 Å². The van der Waals surface area contributed by atoms with Crippen molar-refractivity contribution in [1.82, 2.24) is 10.3 Å².